The predicted octanol–water partition coefficient (Wildman–Crippen LogP) is 0.333. The van der Waals surface area contributed by atoms with Crippen LogP contribution in [0, 0.1) is 5.92 Å². The average Bonchev–Trinajstić information content (AvgIpc) is 3.09. The van der Waals surface area contributed by atoms with Gasteiger partial charge in [0.05, 0.1) is 6.20 Å². The van der Waals surface area contributed by atoms with E-state index in [1.54, 1.807) is 12.3 Å². The average molecular weight is 275 g/mol. The van der Waals surface area contributed by atoms with Gasteiger partial charge in [0.1, 0.15) is 18.9 Å². The summed E-state index contributed by atoms with van der Waals surface area (Å²) >= 11 is 0. The monoisotopic (exact) mass is 275 g/mol. The molecule has 1 aromatic rings. The SMILES string of the molecule is O=C(NC1CC2CNC1C2)c1cc2c(cn1)OCCO2. The maximum Gasteiger partial charge on any atom is 0.270 e. The van der Waals surface area contributed by atoms with E-state index in [4.69, 9.17) is 9.47 Å². The van der Waals surface area contributed by atoms with Crippen molar-refractivity contribution >= 4 is 5.91 Å². The third-order valence-electron chi connectivity index (χ3n) is 4.31. The van der Waals surface area contributed by atoms with E-state index in [1.807, 2.05) is 0 Å². The molecule has 2 bridgehead atoms. The molecule has 2 aliphatic heterocycles. The topological polar surface area (TPSA) is 72.5 Å². The van der Waals surface area contributed by atoms with Crippen molar-refractivity contribution in [3.63, 3.8) is 0 Å². The number of aromatic nitrogens is 1. The van der Waals surface area contributed by atoms with Gasteiger partial charge in [0.25, 0.3) is 5.91 Å². The van der Waals surface area contributed by atoms with Gasteiger partial charge in [-0.05, 0) is 25.3 Å². The highest BCUT2D eigenvalue weighted by atomic mass is 16.6. The molecule has 0 aromatic carbocycles. The zero-order valence-corrected chi connectivity index (χ0v) is 11.1. The third-order valence-corrected chi connectivity index (χ3v) is 4.31. The van der Waals surface area contributed by atoms with E-state index in [2.05, 4.69) is 15.6 Å². The van der Waals surface area contributed by atoms with Crippen LogP contribution in [0.1, 0.15) is 23.3 Å². The summed E-state index contributed by atoms with van der Waals surface area (Å²) in [5.74, 6) is 1.77. The Labute approximate surface area is 116 Å². The van der Waals surface area contributed by atoms with Crippen molar-refractivity contribution in [1.29, 1.82) is 0 Å². The van der Waals surface area contributed by atoms with Crippen LogP contribution in [-0.4, -0.2) is 42.7 Å². The Hall–Kier alpha value is -1.82. The summed E-state index contributed by atoms with van der Waals surface area (Å²) in [6, 6.07) is 2.29. The second-order valence-corrected chi connectivity index (χ2v) is 5.65. The van der Waals surface area contributed by atoms with Gasteiger partial charge in [0.2, 0.25) is 0 Å². The number of fused-ring (bicyclic) bond motifs is 3. The molecule has 106 valence electrons. The van der Waals surface area contributed by atoms with Crippen LogP contribution in [-0.2, 0) is 0 Å². The minimum atomic E-state index is -0.138. The van der Waals surface area contributed by atoms with Gasteiger partial charge in [-0.2, -0.15) is 0 Å². The molecule has 1 aliphatic carbocycles. The Kier molecular flexibility index (Phi) is 2.77. The standard InChI is InChI=1S/C14H17N3O3/c18-14(17-10-4-8-3-9(10)15-6-8)11-5-12-13(7-16-11)20-2-1-19-12/h5,7-10,15H,1-4,6H2,(H,17,18). The molecule has 3 aliphatic rings. The fraction of sp³-hybridized carbons (Fsp3) is 0.571. The molecule has 1 saturated heterocycles. The predicted molar refractivity (Wildman–Crippen MR) is 71.0 cm³/mol. The number of rotatable bonds is 2. The minimum Gasteiger partial charge on any atom is -0.486 e. The van der Waals surface area contributed by atoms with Gasteiger partial charge in [-0.25, -0.2) is 4.98 Å². The van der Waals surface area contributed by atoms with Gasteiger partial charge in [0.15, 0.2) is 11.5 Å². The quantitative estimate of drug-likeness (QED) is 0.814. The van der Waals surface area contributed by atoms with Crippen LogP contribution in [0.25, 0.3) is 0 Å². The molecule has 6 heteroatoms. The molecule has 20 heavy (non-hydrogen) atoms. The number of carbonyl (C=O) groups is 1. The first-order chi connectivity index (χ1) is 9.79. The highest BCUT2D eigenvalue weighted by molar-refractivity contribution is 5.93. The molecule has 6 nitrogen and oxygen atoms in total. The molecule has 3 atom stereocenters. The van der Waals surface area contributed by atoms with E-state index >= 15 is 0 Å². The third kappa shape index (κ3) is 2.00. The summed E-state index contributed by atoms with van der Waals surface area (Å²) < 4.78 is 10.9. The van der Waals surface area contributed by atoms with Crippen LogP contribution in [0.2, 0.25) is 0 Å². The Bertz CT molecular complexity index is 548. The summed E-state index contributed by atoms with van der Waals surface area (Å²) in [7, 11) is 0. The summed E-state index contributed by atoms with van der Waals surface area (Å²) in [5.41, 5.74) is 0.386. The van der Waals surface area contributed by atoms with Crippen molar-refractivity contribution in [3.8, 4) is 11.5 Å². The summed E-state index contributed by atoms with van der Waals surface area (Å²) in [6.45, 7) is 2.12. The van der Waals surface area contributed by atoms with Crippen LogP contribution in [0.3, 0.4) is 0 Å². The molecule has 2 N–H and O–H groups in total. The van der Waals surface area contributed by atoms with Gasteiger partial charge in [-0.3, -0.25) is 4.79 Å². The van der Waals surface area contributed by atoms with Crippen molar-refractivity contribution in [3.05, 3.63) is 18.0 Å². The fourth-order valence-corrected chi connectivity index (χ4v) is 3.33. The van der Waals surface area contributed by atoms with Gasteiger partial charge >= 0.3 is 0 Å². The number of carbonyl (C=O) groups excluding carboxylic acids is 1. The lowest BCUT2D eigenvalue weighted by atomic mass is 10.1. The van der Waals surface area contributed by atoms with Crippen molar-refractivity contribution in [2.45, 2.75) is 24.9 Å². The summed E-state index contributed by atoms with van der Waals surface area (Å²) in [6.07, 6.45) is 3.79. The molecule has 0 radical (unpaired) electrons. The van der Waals surface area contributed by atoms with Crippen LogP contribution in [0.4, 0.5) is 0 Å². The lowest BCUT2D eigenvalue weighted by molar-refractivity contribution is 0.0921. The largest absolute Gasteiger partial charge is 0.486 e. The first-order valence-corrected chi connectivity index (χ1v) is 7.09. The van der Waals surface area contributed by atoms with E-state index in [-0.39, 0.29) is 11.9 Å². The molecule has 2 fully saturated rings. The maximum atomic E-state index is 12.3. The number of pyridine rings is 1. The number of nitrogens with zero attached hydrogens (tertiary/aromatic N) is 1. The van der Waals surface area contributed by atoms with Gasteiger partial charge in [-0.1, -0.05) is 0 Å². The number of nitrogens with one attached hydrogen (secondary N) is 2. The second-order valence-electron chi connectivity index (χ2n) is 5.65. The number of hydrogen-bond donors (Lipinski definition) is 2. The van der Waals surface area contributed by atoms with Crippen molar-refractivity contribution in [2.24, 2.45) is 5.92 Å². The van der Waals surface area contributed by atoms with Crippen LogP contribution < -0.4 is 20.1 Å². The zero-order chi connectivity index (χ0) is 13.5. The van der Waals surface area contributed by atoms with Gasteiger partial charge in [0, 0.05) is 18.2 Å². The Morgan fingerprint density at radius 3 is 2.90 bits per heavy atom. The number of ether oxygens (including phenoxy) is 2. The number of hydrogen-bond acceptors (Lipinski definition) is 5. The molecule has 3 unspecified atom stereocenters. The molecule has 4 rings (SSSR count). The zero-order valence-electron chi connectivity index (χ0n) is 11.1. The molecule has 0 spiro atoms. The summed E-state index contributed by atoms with van der Waals surface area (Å²) in [5, 5.41) is 6.51. The molecule has 1 saturated carbocycles. The van der Waals surface area contributed by atoms with Crippen molar-refractivity contribution in [1.82, 2.24) is 15.6 Å². The van der Waals surface area contributed by atoms with E-state index < -0.39 is 0 Å². The number of amides is 1. The van der Waals surface area contributed by atoms with Crippen LogP contribution >= 0.6 is 0 Å². The van der Waals surface area contributed by atoms with E-state index in [1.165, 1.54) is 6.42 Å². The Morgan fingerprint density at radius 2 is 2.15 bits per heavy atom. The normalized spacial score (nSPS) is 30.3. The van der Waals surface area contributed by atoms with E-state index in [9.17, 15) is 4.79 Å². The van der Waals surface area contributed by atoms with E-state index in [0.29, 0.717) is 42.4 Å². The number of piperidine rings is 1. The van der Waals surface area contributed by atoms with E-state index in [0.717, 1.165) is 13.0 Å². The lowest BCUT2D eigenvalue weighted by Crippen LogP contribution is -2.48. The molecular formula is C14H17N3O3. The maximum absolute atomic E-state index is 12.3. The lowest BCUT2D eigenvalue weighted by Gasteiger charge is -2.24. The molecule has 1 amide bonds. The first kappa shape index (κ1) is 12.0. The highest BCUT2D eigenvalue weighted by Crippen LogP contribution is 2.32. The van der Waals surface area contributed by atoms with Crippen molar-refractivity contribution < 1.29 is 14.3 Å². The molecular weight excluding hydrogens is 258 g/mol. The Morgan fingerprint density at radius 1 is 1.30 bits per heavy atom. The smallest absolute Gasteiger partial charge is 0.270 e. The molecule has 1 aromatic heterocycles. The van der Waals surface area contributed by atoms with Crippen molar-refractivity contribution in [2.75, 3.05) is 19.8 Å². The fourth-order valence-electron chi connectivity index (χ4n) is 3.33. The van der Waals surface area contributed by atoms with Crippen LogP contribution in [0.15, 0.2) is 12.3 Å². The first-order valence-electron chi connectivity index (χ1n) is 7.09. The summed E-state index contributed by atoms with van der Waals surface area (Å²) in [4.78, 5) is 16.4. The minimum absolute atomic E-state index is 0.138. The van der Waals surface area contributed by atoms with Crippen LogP contribution in [0.5, 0.6) is 11.5 Å². The molecule has 3 heterocycles. The Balaban J connectivity index is 1.48. The van der Waals surface area contributed by atoms with Gasteiger partial charge in [-0.15, -0.1) is 0 Å². The van der Waals surface area contributed by atoms with Gasteiger partial charge < -0.3 is 20.1 Å². The highest BCUT2D eigenvalue weighted by Gasteiger charge is 2.40. The second kappa shape index (κ2) is 4.63.